The number of carbonyl (C=O) groups excluding carboxylic acids is 1. The molecule has 170 valence electrons. The maximum atomic E-state index is 12.0. The van der Waals surface area contributed by atoms with E-state index in [2.05, 4.69) is 30.4 Å². The summed E-state index contributed by atoms with van der Waals surface area (Å²) in [6, 6.07) is 17.7. The highest BCUT2D eigenvalue weighted by Crippen LogP contribution is 2.28. The van der Waals surface area contributed by atoms with Gasteiger partial charge in [-0.1, -0.05) is 60.2 Å². The lowest BCUT2D eigenvalue weighted by Gasteiger charge is -2.21. The summed E-state index contributed by atoms with van der Waals surface area (Å²) in [5.74, 6) is 0.182. The Morgan fingerprint density at radius 1 is 1.18 bits per heavy atom. The van der Waals surface area contributed by atoms with E-state index in [9.17, 15) is 4.79 Å². The van der Waals surface area contributed by atoms with Crippen molar-refractivity contribution >= 4 is 41.1 Å². The van der Waals surface area contributed by atoms with Gasteiger partial charge in [0.1, 0.15) is 0 Å². The molecule has 0 amide bonds. The zero-order valence-electron chi connectivity index (χ0n) is 18.7. The number of hydrogen-bond donors (Lipinski definition) is 1. The zero-order chi connectivity index (χ0) is 23.2. The molecule has 2 aromatic carbocycles. The highest BCUT2D eigenvalue weighted by Gasteiger charge is 2.17. The second-order valence-electron chi connectivity index (χ2n) is 8.45. The van der Waals surface area contributed by atoms with Crippen LogP contribution in [0.2, 0.25) is 5.02 Å². The first-order valence-corrected chi connectivity index (χ1v) is 12.2. The van der Waals surface area contributed by atoms with E-state index in [-0.39, 0.29) is 11.2 Å². The third-order valence-electron chi connectivity index (χ3n) is 6.15. The Morgan fingerprint density at radius 2 is 2.00 bits per heavy atom. The summed E-state index contributed by atoms with van der Waals surface area (Å²) >= 11 is 11.0. The molecule has 33 heavy (non-hydrogen) atoms. The standard InChI is InChI=1S/C28H28ClNO2S/c1-32-28(31)25-8-3-2-6-20(25)12-16-27(33)22-7-4-5-19(17-22)9-14-24-15-11-21-10-13-23(29)18-26(21)30-24/h2-4,6-8,10-11,13,15,17-19,27,33H,5,9,12,14,16H2,1H3/t19?,27-/m1/s1. The third-order valence-corrected chi connectivity index (χ3v) is 6.95. The fourth-order valence-corrected chi connectivity index (χ4v) is 4.78. The SMILES string of the molecule is COC(=O)c1ccccc1CC[C@@H](S)C1=CC(CCc2ccc3ccc(Cl)cc3n2)CC=C1. The molecule has 1 aliphatic rings. The Hall–Kier alpha value is -2.56. The molecule has 1 heterocycles. The van der Waals surface area contributed by atoms with Crippen molar-refractivity contribution < 1.29 is 9.53 Å². The second kappa shape index (κ2) is 11.0. The minimum absolute atomic E-state index is 0.121. The molecular weight excluding hydrogens is 450 g/mol. The first-order chi connectivity index (χ1) is 16.0. The van der Waals surface area contributed by atoms with Crippen molar-refractivity contribution in [3.05, 3.63) is 100 Å². The van der Waals surface area contributed by atoms with Gasteiger partial charge in [-0.3, -0.25) is 4.98 Å². The maximum absolute atomic E-state index is 12.0. The van der Waals surface area contributed by atoms with Crippen molar-refractivity contribution in [1.29, 1.82) is 0 Å². The minimum Gasteiger partial charge on any atom is -0.465 e. The van der Waals surface area contributed by atoms with Crippen molar-refractivity contribution in [2.24, 2.45) is 5.92 Å². The van der Waals surface area contributed by atoms with E-state index < -0.39 is 0 Å². The number of rotatable bonds is 8. The Morgan fingerprint density at radius 3 is 2.85 bits per heavy atom. The number of nitrogens with zero attached hydrogens (tertiary/aromatic N) is 1. The van der Waals surface area contributed by atoms with Crippen LogP contribution in [0.1, 0.15) is 40.9 Å². The molecule has 3 nitrogen and oxygen atoms in total. The van der Waals surface area contributed by atoms with Crippen LogP contribution in [0.25, 0.3) is 10.9 Å². The van der Waals surface area contributed by atoms with Gasteiger partial charge in [0, 0.05) is 21.4 Å². The fourth-order valence-electron chi connectivity index (χ4n) is 4.31. The number of benzene rings is 2. The van der Waals surface area contributed by atoms with E-state index in [0.29, 0.717) is 16.5 Å². The van der Waals surface area contributed by atoms with Gasteiger partial charge in [-0.15, -0.1) is 0 Å². The number of thiol groups is 1. The number of hydrogen-bond acceptors (Lipinski definition) is 4. The normalized spacial score (nSPS) is 16.5. The van der Waals surface area contributed by atoms with Gasteiger partial charge in [0.25, 0.3) is 0 Å². The summed E-state index contributed by atoms with van der Waals surface area (Å²) in [7, 11) is 1.42. The maximum Gasteiger partial charge on any atom is 0.338 e. The third kappa shape index (κ3) is 6.07. The van der Waals surface area contributed by atoms with Crippen LogP contribution in [0.5, 0.6) is 0 Å². The number of carbonyl (C=O) groups is 1. The van der Waals surface area contributed by atoms with Crippen molar-refractivity contribution in [3.63, 3.8) is 0 Å². The summed E-state index contributed by atoms with van der Waals surface area (Å²) in [5, 5.41) is 1.94. The highest BCUT2D eigenvalue weighted by atomic mass is 35.5. The monoisotopic (exact) mass is 477 g/mol. The fraction of sp³-hybridized carbons (Fsp3) is 0.286. The minimum atomic E-state index is -0.289. The van der Waals surface area contributed by atoms with Crippen molar-refractivity contribution in [2.75, 3.05) is 7.11 Å². The molecule has 5 heteroatoms. The quantitative estimate of drug-likeness (QED) is 0.279. The number of esters is 1. The molecule has 0 bridgehead atoms. The van der Waals surface area contributed by atoms with E-state index in [1.165, 1.54) is 12.7 Å². The topological polar surface area (TPSA) is 39.2 Å². The van der Waals surface area contributed by atoms with Crippen LogP contribution >= 0.6 is 24.2 Å². The van der Waals surface area contributed by atoms with Crippen LogP contribution in [-0.4, -0.2) is 23.3 Å². The van der Waals surface area contributed by atoms with E-state index >= 15 is 0 Å². The van der Waals surface area contributed by atoms with Gasteiger partial charge in [-0.2, -0.15) is 12.6 Å². The van der Waals surface area contributed by atoms with Crippen LogP contribution < -0.4 is 0 Å². The highest BCUT2D eigenvalue weighted by molar-refractivity contribution is 7.81. The predicted octanol–water partition coefficient (Wildman–Crippen LogP) is 7.04. The van der Waals surface area contributed by atoms with Crippen LogP contribution in [0.3, 0.4) is 0 Å². The number of fused-ring (bicyclic) bond motifs is 1. The lowest BCUT2D eigenvalue weighted by Crippen LogP contribution is -2.12. The summed E-state index contributed by atoms with van der Waals surface area (Å²) in [4.78, 5) is 16.8. The Labute approximate surface area is 205 Å². The van der Waals surface area contributed by atoms with Crippen LogP contribution in [0.15, 0.2) is 78.4 Å². The van der Waals surface area contributed by atoms with E-state index in [1.54, 1.807) is 0 Å². The summed E-state index contributed by atoms with van der Waals surface area (Å²) in [6.07, 6.45) is 11.4. The lowest BCUT2D eigenvalue weighted by atomic mass is 9.89. The van der Waals surface area contributed by atoms with Crippen molar-refractivity contribution in [1.82, 2.24) is 4.98 Å². The predicted molar refractivity (Wildman–Crippen MR) is 139 cm³/mol. The van der Waals surface area contributed by atoms with E-state index in [0.717, 1.165) is 54.3 Å². The van der Waals surface area contributed by atoms with Crippen LogP contribution in [-0.2, 0) is 17.6 Å². The largest absolute Gasteiger partial charge is 0.465 e. The molecule has 0 saturated heterocycles. The summed E-state index contributed by atoms with van der Waals surface area (Å²) < 4.78 is 4.91. The van der Waals surface area contributed by atoms with Crippen LogP contribution in [0, 0.1) is 5.92 Å². The molecule has 1 unspecified atom stereocenters. The number of pyridine rings is 1. The van der Waals surface area contributed by atoms with Gasteiger partial charge in [-0.05, 0) is 73.4 Å². The molecule has 4 rings (SSSR count). The van der Waals surface area contributed by atoms with Gasteiger partial charge < -0.3 is 4.74 Å². The van der Waals surface area contributed by atoms with Gasteiger partial charge in [0.2, 0.25) is 0 Å². The van der Waals surface area contributed by atoms with Crippen molar-refractivity contribution in [3.8, 4) is 0 Å². The van der Waals surface area contributed by atoms with Gasteiger partial charge in [0.05, 0.1) is 18.2 Å². The average molecular weight is 478 g/mol. The summed E-state index contributed by atoms with van der Waals surface area (Å²) in [6.45, 7) is 0. The molecule has 0 spiro atoms. The molecule has 0 fully saturated rings. The Balaban J connectivity index is 1.36. The Kier molecular flexibility index (Phi) is 7.89. The van der Waals surface area contributed by atoms with Gasteiger partial charge in [0.15, 0.2) is 0 Å². The number of methoxy groups -OCH3 is 1. The molecule has 0 saturated carbocycles. The van der Waals surface area contributed by atoms with E-state index in [1.807, 2.05) is 42.5 Å². The molecule has 1 aromatic heterocycles. The Bertz CT molecular complexity index is 1200. The number of ether oxygens (including phenoxy) is 1. The second-order valence-corrected chi connectivity index (χ2v) is 9.51. The molecule has 0 N–H and O–H groups in total. The molecular formula is C28H28ClNO2S. The molecule has 3 aromatic rings. The molecule has 1 aliphatic carbocycles. The number of aromatic nitrogens is 1. The molecule has 0 aliphatic heterocycles. The lowest BCUT2D eigenvalue weighted by molar-refractivity contribution is 0.0599. The molecule has 2 atom stereocenters. The number of aryl methyl sites for hydroxylation is 2. The van der Waals surface area contributed by atoms with Gasteiger partial charge in [-0.25, -0.2) is 4.79 Å². The number of allylic oxidation sites excluding steroid dienone is 3. The van der Waals surface area contributed by atoms with E-state index in [4.69, 9.17) is 34.0 Å². The average Bonchev–Trinajstić information content (AvgIpc) is 2.85. The smallest absolute Gasteiger partial charge is 0.338 e. The summed E-state index contributed by atoms with van der Waals surface area (Å²) in [5.41, 5.74) is 4.93. The van der Waals surface area contributed by atoms with Gasteiger partial charge >= 0.3 is 5.97 Å². The van der Waals surface area contributed by atoms with Crippen molar-refractivity contribution in [2.45, 2.75) is 37.4 Å². The van der Waals surface area contributed by atoms with Crippen LogP contribution in [0.4, 0.5) is 0 Å². The first-order valence-electron chi connectivity index (χ1n) is 11.3. The zero-order valence-corrected chi connectivity index (χ0v) is 20.4. The number of halogens is 1. The first kappa shape index (κ1) is 23.6. The molecule has 0 radical (unpaired) electrons.